The average Bonchev–Trinajstić information content (AvgIpc) is 2.13. The van der Waals surface area contributed by atoms with Gasteiger partial charge in [-0.3, -0.25) is 4.98 Å². The number of aromatic nitrogens is 1. The summed E-state index contributed by atoms with van der Waals surface area (Å²) >= 11 is 0. The zero-order valence-electron chi connectivity index (χ0n) is 8.33. The second kappa shape index (κ2) is 3.46. The Balaban J connectivity index is 2.12. The molecule has 1 aromatic heterocycles. The van der Waals surface area contributed by atoms with E-state index in [9.17, 15) is 0 Å². The molecule has 1 saturated heterocycles. The number of aryl methyl sites for hydroxylation is 1. The van der Waals surface area contributed by atoms with Crippen molar-refractivity contribution >= 4 is 0 Å². The molecule has 0 radical (unpaired) electrons. The highest BCUT2D eigenvalue weighted by atomic mass is 15.2. The highest BCUT2D eigenvalue weighted by Gasteiger charge is 2.25. The van der Waals surface area contributed by atoms with Crippen LogP contribution in [-0.4, -0.2) is 30.0 Å². The van der Waals surface area contributed by atoms with Gasteiger partial charge in [0.25, 0.3) is 0 Å². The zero-order valence-corrected chi connectivity index (χ0v) is 8.33. The van der Waals surface area contributed by atoms with Crippen LogP contribution in [0.5, 0.6) is 0 Å². The normalized spacial score (nSPS) is 18.6. The van der Waals surface area contributed by atoms with E-state index in [0.717, 1.165) is 6.42 Å². The number of likely N-dealkylation sites (N-methyl/N-ethyl adjacent to an activating group) is 1. The molecule has 0 spiro atoms. The Morgan fingerprint density at radius 3 is 2.85 bits per heavy atom. The molecule has 2 heterocycles. The van der Waals surface area contributed by atoms with E-state index in [1.54, 1.807) is 0 Å². The fourth-order valence-corrected chi connectivity index (χ4v) is 1.81. The van der Waals surface area contributed by atoms with E-state index < -0.39 is 0 Å². The summed E-state index contributed by atoms with van der Waals surface area (Å²) in [7, 11) is 2.15. The van der Waals surface area contributed by atoms with Crippen molar-refractivity contribution in [2.45, 2.75) is 19.3 Å². The standard InChI is InChI=1S/C11H16N2/c1-3-10-5-4-6-11(12-10)9-7-13(2)8-9/h4-6,9H,3,7-8H2,1-2H3. The highest BCUT2D eigenvalue weighted by Crippen LogP contribution is 2.23. The van der Waals surface area contributed by atoms with Gasteiger partial charge in [-0.1, -0.05) is 13.0 Å². The van der Waals surface area contributed by atoms with Crippen LogP contribution in [0.4, 0.5) is 0 Å². The molecule has 0 N–H and O–H groups in total. The molecule has 2 heteroatoms. The molecule has 0 bridgehead atoms. The Morgan fingerprint density at radius 1 is 1.46 bits per heavy atom. The lowest BCUT2D eigenvalue weighted by molar-refractivity contribution is 0.186. The van der Waals surface area contributed by atoms with Gasteiger partial charge in [0.15, 0.2) is 0 Å². The van der Waals surface area contributed by atoms with Gasteiger partial charge >= 0.3 is 0 Å². The summed E-state index contributed by atoms with van der Waals surface area (Å²) in [6.07, 6.45) is 1.04. The molecular formula is C11H16N2. The topological polar surface area (TPSA) is 16.1 Å². The Hall–Kier alpha value is -0.890. The first-order valence-corrected chi connectivity index (χ1v) is 4.94. The van der Waals surface area contributed by atoms with E-state index in [4.69, 9.17) is 0 Å². The molecule has 2 rings (SSSR count). The minimum atomic E-state index is 0.677. The van der Waals surface area contributed by atoms with Gasteiger partial charge in [-0.2, -0.15) is 0 Å². The van der Waals surface area contributed by atoms with Crippen LogP contribution < -0.4 is 0 Å². The van der Waals surface area contributed by atoms with Crippen LogP contribution >= 0.6 is 0 Å². The van der Waals surface area contributed by atoms with Crippen molar-refractivity contribution in [2.24, 2.45) is 0 Å². The van der Waals surface area contributed by atoms with Gasteiger partial charge in [0.05, 0.1) is 0 Å². The van der Waals surface area contributed by atoms with Crippen molar-refractivity contribution in [1.82, 2.24) is 9.88 Å². The third kappa shape index (κ3) is 1.73. The lowest BCUT2D eigenvalue weighted by atomic mass is 9.96. The minimum Gasteiger partial charge on any atom is -0.305 e. The average molecular weight is 176 g/mol. The van der Waals surface area contributed by atoms with Gasteiger partial charge in [0.2, 0.25) is 0 Å². The van der Waals surface area contributed by atoms with E-state index in [0.29, 0.717) is 5.92 Å². The van der Waals surface area contributed by atoms with Gasteiger partial charge < -0.3 is 4.90 Å². The number of pyridine rings is 1. The van der Waals surface area contributed by atoms with E-state index >= 15 is 0 Å². The largest absolute Gasteiger partial charge is 0.305 e. The summed E-state index contributed by atoms with van der Waals surface area (Å²) in [5.41, 5.74) is 2.49. The summed E-state index contributed by atoms with van der Waals surface area (Å²) < 4.78 is 0. The fourth-order valence-electron chi connectivity index (χ4n) is 1.81. The van der Waals surface area contributed by atoms with E-state index in [1.807, 2.05) is 0 Å². The van der Waals surface area contributed by atoms with E-state index in [1.165, 1.54) is 24.5 Å². The third-order valence-corrected chi connectivity index (χ3v) is 2.67. The van der Waals surface area contributed by atoms with Crippen LogP contribution in [0, 0.1) is 0 Å². The number of hydrogen-bond donors (Lipinski definition) is 0. The molecule has 0 aliphatic carbocycles. The first kappa shape index (κ1) is 8.70. The Bertz CT molecular complexity index is 290. The molecule has 0 amide bonds. The predicted molar refractivity (Wildman–Crippen MR) is 53.9 cm³/mol. The van der Waals surface area contributed by atoms with Crippen molar-refractivity contribution in [3.8, 4) is 0 Å². The van der Waals surface area contributed by atoms with Crippen molar-refractivity contribution in [1.29, 1.82) is 0 Å². The van der Waals surface area contributed by atoms with Crippen molar-refractivity contribution in [2.75, 3.05) is 20.1 Å². The smallest absolute Gasteiger partial charge is 0.0463 e. The lowest BCUT2D eigenvalue weighted by Gasteiger charge is -2.35. The highest BCUT2D eigenvalue weighted by molar-refractivity contribution is 5.17. The van der Waals surface area contributed by atoms with Gasteiger partial charge in [-0.25, -0.2) is 0 Å². The molecule has 0 unspecified atom stereocenters. The first-order chi connectivity index (χ1) is 6.29. The molecule has 70 valence electrons. The molecular weight excluding hydrogens is 160 g/mol. The monoisotopic (exact) mass is 176 g/mol. The minimum absolute atomic E-state index is 0.677. The van der Waals surface area contributed by atoms with Crippen LogP contribution in [0.1, 0.15) is 24.2 Å². The Labute approximate surface area is 79.6 Å². The maximum absolute atomic E-state index is 4.62. The van der Waals surface area contributed by atoms with E-state index in [-0.39, 0.29) is 0 Å². The van der Waals surface area contributed by atoms with E-state index in [2.05, 4.69) is 42.1 Å². The number of rotatable bonds is 2. The molecule has 1 fully saturated rings. The molecule has 0 atom stereocenters. The molecule has 1 aliphatic heterocycles. The molecule has 13 heavy (non-hydrogen) atoms. The molecule has 0 saturated carbocycles. The van der Waals surface area contributed by atoms with Crippen LogP contribution in [0.3, 0.4) is 0 Å². The number of nitrogens with zero attached hydrogens (tertiary/aromatic N) is 2. The van der Waals surface area contributed by atoms with Gasteiger partial charge in [0.1, 0.15) is 0 Å². The SMILES string of the molecule is CCc1cccc(C2CN(C)C2)n1. The van der Waals surface area contributed by atoms with Crippen LogP contribution in [0.2, 0.25) is 0 Å². The summed E-state index contributed by atoms with van der Waals surface area (Å²) in [6, 6.07) is 6.38. The van der Waals surface area contributed by atoms with Gasteiger partial charge in [-0.15, -0.1) is 0 Å². The number of likely N-dealkylation sites (tertiary alicyclic amines) is 1. The summed E-state index contributed by atoms with van der Waals surface area (Å²) in [4.78, 5) is 6.95. The summed E-state index contributed by atoms with van der Waals surface area (Å²) in [5, 5.41) is 0. The van der Waals surface area contributed by atoms with Crippen LogP contribution in [0.25, 0.3) is 0 Å². The van der Waals surface area contributed by atoms with Gasteiger partial charge in [-0.05, 0) is 25.6 Å². The third-order valence-electron chi connectivity index (χ3n) is 2.67. The maximum Gasteiger partial charge on any atom is 0.0463 e. The second-order valence-corrected chi connectivity index (χ2v) is 3.83. The maximum atomic E-state index is 4.62. The van der Waals surface area contributed by atoms with Crippen molar-refractivity contribution in [3.05, 3.63) is 29.6 Å². The van der Waals surface area contributed by atoms with Crippen molar-refractivity contribution < 1.29 is 0 Å². The summed E-state index contributed by atoms with van der Waals surface area (Å²) in [5.74, 6) is 0.677. The predicted octanol–water partition coefficient (Wildman–Crippen LogP) is 1.67. The summed E-state index contributed by atoms with van der Waals surface area (Å²) in [6.45, 7) is 4.49. The number of hydrogen-bond acceptors (Lipinski definition) is 2. The molecule has 2 nitrogen and oxygen atoms in total. The molecule has 0 aromatic carbocycles. The first-order valence-electron chi connectivity index (χ1n) is 4.94. The lowest BCUT2D eigenvalue weighted by Crippen LogP contribution is -2.42. The van der Waals surface area contributed by atoms with Crippen LogP contribution in [0.15, 0.2) is 18.2 Å². The quantitative estimate of drug-likeness (QED) is 0.681. The molecule has 1 aromatic rings. The zero-order chi connectivity index (χ0) is 9.26. The fraction of sp³-hybridized carbons (Fsp3) is 0.545. The Morgan fingerprint density at radius 2 is 2.23 bits per heavy atom. The molecule has 1 aliphatic rings. The van der Waals surface area contributed by atoms with Gasteiger partial charge in [0, 0.05) is 30.4 Å². The Kier molecular flexibility index (Phi) is 2.32. The second-order valence-electron chi connectivity index (χ2n) is 3.83. The van der Waals surface area contributed by atoms with Crippen LogP contribution in [-0.2, 0) is 6.42 Å². The van der Waals surface area contributed by atoms with Crippen molar-refractivity contribution in [3.63, 3.8) is 0 Å².